The molecule has 0 N–H and O–H groups in total. The number of carbonyl (C=O) groups is 4. The van der Waals surface area contributed by atoms with Gasteiger partial charge in [-0.15, -0.1) is 0 Å². The first-order valence-electron chi connectivity index (χ1n) is 11.7. The number of Topliss-reactive ketones (excluding diaryl/α,β-unsaturated/α-hetero) is 2. The number of hydrogen-bond acceptors (Lipinski definition) is 5. The standard InChI is InChI=1S/C27H25NO5/c1-15-11-13-16(14-12-15)22-20-21(26(32)28(25(20)31)17-7-3-2-4-8-17)27(33-22)23(29)18-9-5-6-10-19(18)24(27)30/h5-6,9-14,17,20-22H,2-4,7-8H2,1H3. The average Bonchev–Trinajstić information content (AvgIpc) is 3.40. The van der Waals surface area contributed by atoms with E-state index in [1.54, 1.807) is 24.3 Å². The van der Waals surface area contributed by atoms with Gasteiger partial charge in [0.2, 0.25) is 29.0 Å². The van der Waals surface area contributed by atoms with Crippen LogP contribution in [0.3, 0.4) is 0 Å². The summed E-state index contributed by atoms with van der Waals surface area (Å²) in [6.07, 6.45) is 3.71. The summed E-state index contributed by atoms with van der Waals surface area (Å²) in [6, 6.07) is 13.9. The second-order valence-corrected chi connectivity index (χ2v) is 9.73. The molecule has 4 aliphatic rings. The molecular formula is C27H25NO5. The summed E-state index contributed by atoms with van der Waals surface area (Å²) in [5, 5.41) is 0. The molecular weight excluding hydrogens is 418 g/mol. The molecule has 0 aromatic heterocycles. The van der Waals surface area contributed by atoms with E-state index in [-0.39, 0.29) is 23.1 Å². The zero-order chi connectivity index (χ0) is 22.9. The first-order chi connectivity index (χ1) is 15.9. The van der Waals surface area contributed by atoms with Crippen LogP contribution in [-0.4, -0.2) is 39.9 Å². The van der Waals surface area contributed by atoms with Crippen LogP contribution in [0.25, 0.3) is 0 Å². The molecule has 2 heterocycles. The van der Waals surface area contributed by atoms with Crippen molar-refractivity contribution in [2.24, 2.45) is 11.8 Å². The van der Waals surface area contributed by atoms with Gasteiger partial charge in [-0.2, -0.15) is 0 Å². The highest BCUT2D eigenvalue weighted by Crippen LogP contribution is 2.57. The Morgan fingerprint density at radius 2 is 1.42 bits per heavy atom. The summed E-state index contributed by atoms with van der Waals surface area (Å²) in [5.41, 5.74) is 0.307. The van der Waals surface area contributed by atoms with Gasteiger partial charge in [0.05, 0.1) is 17.9 Å². The third-order valence-electron chi connectivity index (χ3n) is 7.90. The van der Waals surface area contributed by atoms with Crippen LogP contribution in [0.1, 0.15) is 70.1 Å². The van der Waals surface area contributed by atoms with Gasteiger partial charge in [-0.25, -0.2) is 0 Å². The van der Waals surface area contributed by atoms with Crippen molar-refractivity contribution in [3.8, 4) is 0 Å². The number of aryl methyl sites for hydroxylation is 1. The number of carbonyl (C=O) groups excluding carboxylic acids is 4. The number of hydrogen-bond donors (Lipinski definition) is 0. The summed E-state index contributed by atoms with van der Waals surface area (Å²) in [6.45, 7) is 1.96. The Labute approximate surface area is 191 Å². The van der Waals surface area contributed by atoms with Gasteiger partial charge >= 0.3 is 0 Å². The summed E-state index contributed by atoms with van der Waals surface area (Å²) in [7, 11) is 0. The summed E-state index contributed by atoms with van der Waals surface area (Å²) in [5.74, 6) is -3.76. The van der Waals surface area contributed by atoms with Crippen molar-refractivity contribution in [1.82, 2.24) is 4.90 Å². The average molecular weight is 443 g/mol. The molecule has 33 heavy (non-hydrogen) atoms. The lowest BCUT2D eigenvalue weighted by molar-refractivity contribution is -0.148. The largest absolute Gasteiger partial charge is 0.349 e. The Balaban J connectivity index is 1.50. The van der Waals surface area contributed by atoms with Gasteiger partial charge < -0.3 is 4.74 Å². The molecule has 3 fully saturated rings. The van der Waals surface area contributed by atoms with E-state index < -0.39 is 41.0 Å². The zero-order valence-corrected chi connectivity index (χ0v) is 18.5. The van der Waals surface area contributed by atoms with E-state index in [0.717, 1.165) is 37.7 Å². The normalized spacial score (nSPS) is 28.6. The van der Waals surface area contributed by atoms with Crippen LogP contribution in [0.15, 0.2) is 48.5 Å². The van der Waals surface area contributed by atoms with Gasteiger partial charge in [-0.05, 0) is 25.3 Å². The second-order valence-electron chi connectivity index (χ2n) is 9.73. The Bertz CT molecular complexity index is 1160. The van der Waals surface area contributed by atoms with Crippen LogP contribution in [0.4, 0.5) is 0 Å². The first-order valence-corrected chi connectivity index (χ1v) is 11.7. The maximum absolute atomic E-state index is 13.9. The van der Waals surface area contributed by atoms with Crippen molar-refractivity contribution in [3.05, 3.63) is 70.8 Å². The van der Waals surface area contributed by atoms with Crippen LogP contribution in [-0.2, 0) is 14.3 Å². The zero-order valence-electron chi connectivity index (χ0n) is 18.5. The number of benzene rings is 2. The number of fused-ring (bicyclic) bond motifs is 3. The number of nitrogens with zero attached hydrogens (tertiary/aromatic N) is 1. The number of ether oxygens (including phenoxy) is 1. The van der Waals surface area contributed by atoms with Crippen molar-refractivity contribution in [2.45, 2.75) is 56.8 Å². The van der Waals surface area contributed by atoms with Gasteiger partial charge in [-0.3, -0.25) is 24.1 Å². The lowest BCUT2D eigenvalue weighted by atomic mass is 9.77. The number of imide groups is 1. The fourth-order valence-corrected chi connectivity index (χ4v) is 6.30. The maximum Gasteiger partial charge on any atom is 0.237 e. The van der Waals surface area contributed by atoms with E-state index in [0.29, 0.717) is 5.56 Å². The van der Waals surface area contributed by atoms with Crippen molar-refractivity contribution < 1.29 is 23.9 Å². The van der Waals surface area contributed by atoms with Gasteiger partial charge in [0.25, 0.3) is 0 Å². The minimum atomic E-state index is -1.97. The van der Waals surface area contributed by atoms with Crippen molar-refractivity contribution in [1.29, 1.82) is 0 Å². The number of likely N-dealkylation sites (tertiary alicyclic amines) is 1. The van der Waals surface area contributed by atoms with E-state index in [9.17, 15) is 19.2 Å². The molecule has 1 saturated carbocycles. The van der Waals surface area contributed by atoms with Crippen LogP contribution in [0, 0.1) is 18.8 Å². The summed E-state index contributed by atoms with van der Waals surface area (Å²) < 4.78 is 6.32. The Hall–Kier alpha value is -3.12. The molecule has 168 valence electrons. The topological polar surface area (TPSA) is 80.8 Å². The smallest absolute Gasteiger partial charge is 0.237 e. The Morgan fingerprint density at radius 1 is 0.818 bits per heavy atom. The van der Waals surface area contributed by atoms with Crippen molar-refractivity contribution in [2.75, 3.05) is 0 Å². The number of ketones is 2. The Morgan fingerprint density at radius 3 is 2.03 bits per heavy atom. The van der Waals surface area contributed by atoms with Crippen LogP contribution >= 0.6 is 0 Å². The minimum Gasteiger partial charge on any atom is -0.349 e. The lowest BCUT2D eigenvalue weighted by Crippen LogP contribution is -2.52. The highest BCUT2D eigenvalue weighted by Gasteiger charge is 2.75. The lowest BCUT2D eigenvalue weighted by Gasteiger charge is -2.33. The summed E-state index contributed by atoms with van der Waals surface area (Å²) in [4.78, 5) is 56.4. The van der Waals surface area contributed by atoms with Gasteiger partial charge in [0.1, 0.15) is 0 Å². The highest BCUT2D eigenvalue weighted by atomic mass is 16.5. The third kappa shape index (κ3) is 2.64. The predicted octanol–water partition coefficient (Wildman–Crippen LogP) is 3.82. The predicted molar refractivity (Wildman–Crippen MR) is 119 cm³/mol. The molecule has 2 saturated heterocycles. The van der Waals surface area contributed by atoms with E-state index in [1.165, 1.54) is 4.90 Å². The molecule has 1 spiro atoms. The van der Waals surface area contributed by atoms with Gasteiger partial charge in [0.15, 0.2) is 0 Å². The van der Waals surface area contributed by atoms with E-state index in [4.69, 9.17) is 4.74 Å². The monoisotopic (exact) mass is 443 g/mol. The molecule has 6 nitrogen and oxygen atoms in total. The molecule has 6 heteroatoms. The molecule has 0 radical (unpaired) electrons. The van der Waals surface area contributed by atoms with Crippen molar-refractivity contribution in [3.63, 3.8) is 0 Å². The molecule has 2 aliphatic carbocycles. The molecule has 3 atom stereocenters. The summed E-state index contributed by atoms with van der Waals surface area (Å²) >= 11 is 0. The van der Waals surface area contributed by atoms with E-state index in [2.05, 4.69) is 0 Å². The fraction of sp³-hybridized carbons (Fsp3) is 0.407. The molecule has 2 aliphatic heterocycles. The molecule has 6 rings (SSSR count). The van der Waals surface area contributed by atoms with E-state index >= 15 is 0 Å². The maximum atomic E-state index is 13.9. The van der Waals surface area contributed by atoms with E-state index in [1.807, 2.05) is 31.2 Å². The van der Waals surface area contributed by atoms with Crippen LogP contribution < -0.4 is 0 Å². The molecule has 2 amide bonds. The third-order valence-corrected chi connectivity index (χ3v) is 7.90. The first kappa shape index (κ1) is 20.5. The number of amides is 2. The number of rotatable bonds is 2. The van der Waals surface area contributed by atoms with Crippen molar-refractivity contribution >= 4 is 23.4 Å². The highest BCUT2D eigenvalue weighted by molar-refractivity contribution is 6.35. The minimum absolute atomic E-state index is 0.172. The van der Waals surface area contributed by atoms with Gasteiger partial charge in [-0.1, -0.05) is 73.4 Å². The molecule has 2 aromatic rings. The fourth-order valence-electron chi connectivity index (χ4n) is 6.30. The molecule has 0 bridgehead atoms. The second kappa shape index (κ2) is 7.19. The molecule has 2 aromatic carbocycles. The molecule has 3 unspecified atom stereocenters. The quantitative estimate of drug-likeness (QED) is 0.521. The Kier molecular flexibility index (Phi) is 4.46. The SMILES string of the molecule is Cc1ccc(C2OC3(C(=O)c4ccccc4C3=O)C3C(=O)N(C4CCCCC4)C(=O)C23)cc1. The van der Waals surface area contributed by atoms with Gasteiger partial charge in [0, 0.05) is 17.2 Å². The van der Waals surface area contributed by atoms with Crippen LogP contribution in [0.5, 0.6) is 0 Å². The van der Waals surface area contributed by atoms with Crippen LogP contribution in [0.2, 0.25) is 0 Å².